The molecule has 0 saturated carbocycles. The third kappa shape index (κ3) is 6.75. The van der Waals surface area contributed by atoms with Gasteiger partial charge in [0.2, 0.25) is 0 Å². The maximum atomic E-state index is 15.1. The predicted molar refractivity (Wildman–Crippen MR) is 146 cm³/mol. The van der Waals surface area contributed by atoms with Crippen LogP contribution in [-0.2, 0) is 6.42 Å². The summed E-state index contributed by atoms with van der Waals surface area (Å²) >= 11 is 5.70. The van der Waals surface area contributed by atoms with Gasteiger partial charge in [-0.15, -0.1) is 0 Å². The highest BCUT2D eigenvalue weighted by molar-refractivity contribution is 6.30. The molecule has 0 bridgehead atoms. The predicted octanol–water partition coefficient (Wildman–Crippen LogP) is 9.08. The van der Waals surface area contributed by atoms with E-state index in [1.807, 2.05) is 18.2 Å². The Hall–Kier alpha value is -3.59. The first kappa shape index (κ1) is 25.5. The highest BCUT2D eigenvalue weighted by atomic mass is 35.5. The molecule has 180 valence electrons. The number of hydrogen-bond acceptors (Lipinski definition) is 0. The van der Waals surface area contributed by atoms with Crippen molar-refractivity contribution in [1.29, 1.82) is 0 Å². The summed E-state index contributed by atoms with van der Waals surface area (Å²) < 4.78 is 28.7. The van der Waals surface area contributed by atoms with Crippen LogP contribution in [-0.4, -0.2) is 0 Å². The van der Waals surface area contributed by atoms with Crippen molar-refractivity contribution >= 4 is 22.4 Å². The van der Waals surface area contributed by atoms with Crippen LogP contribution >= 0.6 is 11.6 Å². The van der Waals surface area contributed by atoms with Gasteiger partial charge in [0, 0.05) is 22.1 Å². The minimum absolute atomic E-state index is 0.0292. The summed E-state index contributed by atoms with van der Waals surface area (Å²) in [4.78, 5) is 0. The van der Waals surface area contributed by atoms with Gasteiger partial charge in [0.25, 0.3) is 0 Å². The molecule has 36 heavy (non-hydrogen) atoms. The Morgan fingerprint density at radius 1 is 0.667 bits per heavy atom. The first-order valence-corrected chi connectivity index (χ1v) is 12.7. The van der Waals surface area contributed by atoms with Gasteiger partial charge in [-0.1, -0.05) is 92.2 Å². The van der Waals surface area contributed by atoms with Gasteiger partial charge in [-0.05, 0) is 72.3 Å². The van der Waals surface area contributed by atoms with Crippen LogP contribution in [0.4, 0.5) is 8.78 Å². The van der Waals surface area contributed by atoms with Crippen LogP contribution in [0.15, 0.2) is 72.8 Å². The molecule has 0 aromatic heterocycles. The lowest BCUT2D eigenvalue weighted by molar-refractivity contribution is 0.628. The molecule has 0 aliphatic rings. The van der Waals surface area contributed by atoms with Crippen molar-refractivity contribution in [2.24, 2.45) is 0 Å². The topological polar surface area (TPSA) is 0 Å². The molecule has 0 N–H and O–H groups in total. The molecule has 0 radical (unpaired) electrons. The molecule has 0 fully saturated rings. The molecule has 0 atom stereocenters. The highest BCUT2D eigenvalue weighted by Gasteiger charge is 2.06. The lowest BCUT2D eigenvalue weighted by Crippen LogP contribution is -1.88. The largest absolute Gasteiger partial charge is 0.205 e. The van der Waals surface area contributed by atoms with Crippen LogP contribution in [0.3, 0.4) is 0 Å². The van der Waals surface area contributed by atoms with E-state index < -0.39 is 11.6 Å². The van der Waals surface area contributed by atoms with Crippen molar-refractivity contribution in [2.75, 3.05) is 0 Å². The van der Waals surface area contributed by atoms with Gasteiger partial charge in [-0.3, -0.25) is 0 Å². The minimum atomic E-state index is -0.551. The van der Waals surface area contributed by atoms with E-state index in [1.165, 1.54) is 49.8 Å². The number of unbranched alkanes of at least 4 members (excludes halogenated alkanes) is 4. The molecule has 3 heteroatoms. The quantitative estimate of drug-likeness (QED) is 0.184. The van der Waals surface area contributed by atoms with Crippen molar-refractivity contribution in [1.82, 2.24) is 0 Å². The van der Waals surface area contributed by atoms with E-state index >= 15 is 4.39 Å². The second kappa shape index (κ2) is 12.4. The fourth-order valence-electron chi connectivity index (χ4n) is 4.01. The van der Waals surface area contributed by atoms with E-state index in [0.717, 1.165) is 22.9 Å². The number of hydrogen-bond donors (Lipinski definition) is 0. The Kier molecular flexibility index (Phi) is 8.78. The first-order chi connectivity index (χ1) is 17.5. The van der Waals surface area contributed by atoms with Crippen molar-refractivity contribution in [3.63, 3.8) is 0 Å². The Morgan fingerprint density at radius 2 is 1.33 bits per heavy atom. The molecule has 0 nitrogen and oxygen atoms in total. The Bertz CT molecular complexity index is 1480. The molecule has 4 rings (SSSR count). The van der Waals surface area contributed by atoms with Crippen LogP contribution in [0.2, 0.25) is 5.02 Å². The number of benzene rings is 4. The van der Waals surface area contributed by atoms with Crippen LogP contribution in [0.25, 0.3) is 10.8 Å². The van der Waals surface area contributed by atoms with E-state index in [2.05, 4.69) is 54.9 Å². The van der Waals surface area contributed by atoms with Crippen molar-refractivity contribution in [2.45, 2.75) is 45.4 Å². The highest BCUT2D eigenvalue weighted by Crippen LogP contribution is 2.22. The Labute approximate surface area is 217 Å². The van der Waals surface area contributed by atoms with E-state index in [1.54, 1.807) is 18.2 Å². The Morgan fingerprint density at radius 3 is 2.11 bits per heavy atom. The summed E-state index contributed by atoms with van der Waals surface area (Å²) in [5.41, 5.74) is 3.81. The fourth-order valence-corrected chi connectivity index (χ4v) is 4.13. The summed E-state index contributed by atoms with van der Waals surface area (Å²) in [7, 11) is 0. The van der Waals surface area contributed by atoms with Crippen molar-refractivity contribution in [3.05, 3.63) is 117 Å². The molecule has 0 amide bonds. The number of rotatable bonds is 6. The van der Waals surface area contributed by atoms with Crippen molar-refractivity contribution < 1.29 is 8.78 Å². The van der Waals surface area contributed by atoms with E-state index in [4.69, 9.17) is 11.6 Å². The average molecular weight is 497 g/mol. The molecule has 0 heterocycles. The zero-order valence-corrected chi connectivity index (χ0v) is 21.1. The molecular weight excluding hydrogens is 470 g/mol. The van der Waals surface area contributed by atoms with Gasteiger partial charge in [-0.25, -0.2) is 8.78 Å². The standard InChI is InChI=1S/C33H27ClF2/c1-2-3-4-5-6-7-24-8-10-25(11-9-24)12-13-26-15-20-30-29(22-26)19-18-28(33(30)36)17-14-27-16-21-31(34)32(35)23-27/h8-11,15-16,18-23H,2-7H2,1H3. The second-order valence-electron chi connectivity index (χ2n) is 8.85. The maximum Gasteiger partial charge on any atom is 0.146 e. The summed E-state index contributed by atoms with van der Waals surface area (Å²) in [6.07, 6.45) is 7.52. The van der Waals surface area contributed by atoms with E-state index in [-0.39, 0.29) is 10.6 Å². The molecule has 0 saturated heterocycles. The summed E-state index contributed by atoms with van der Waals surface area (Å²) in [6, 6.07) is 21.6. The van der Waals surface area contributed by atoms with E-state index in [9.17, 15) is 4.39 Å². The van der Waals surface area contributed by atoms with Gasteiger partial charge in [0.15, 0.2) is 0 Å². The summed E-state index contributed by atoms with van der Waals surface area (Å²) in [5, 5.41) is 1.25. The molecular formula is C33H27ClF2. The molecule has 0 aliphatic carbocycles. The van der Waals surface area contributed by atoms with Gasteiger partial charge >= 0.3 is 0 Å². The molecule has 4 aromatic rings. The van der Waals surface area contributed by atoms with Crippen molar-refractivity contribution in [3.8, 4) is 23.7 Å². The molecule has 4 aromatic carbocycles. The second-order valence-corrected chi connectivity index (χ2v) is 9.26. The normalized spacial score (nSPS) is 10.4. The minimum Gasteiger partial charge on any atom is -0.205 e. The van der Waals surface area contributed by atoms with Crippen LogP contribution in [0.1, 0.15) is 66.8 Å². The molecule has 0 unspecified atom stereocenters. The SMILES string of the molecule is CCCCCCCc1ccc(C#Cc2ccc3c(F)c(C#Cc4ccc(Cl)c(F)c4)ccc3c2)cc1. The lowest BCUT2D eigenvalue weighted by atomic mass is 10.0. The third-order valence-corrected chi connectivity index (χ3v) is 6.40. The van der Waals surface area contributed by atoms with Gasteiger partial charge in [0.1, 0.15) is 11.6 Å². The number of fused-ring (bicyclic) bond motifs is 1. The maximum absolute atomic E-state index is 15.1. The molecule has 0 spiro atoms. The van der Waals surface area contributed by atoms with E-state index in [0.29, 0.717) is 10.9 Å². The van der Waals surface area contributed by atoms with Crippen LogP contribution in [0, 0.1) is 35.3 Å². The Balaban J connectivity index is 1.45. The van der Waals surface area contributed by atoms with Gasteiger partial charge in [-0.2, -0.15) is 0 Å². The lowest BCUT2D eigenvalue weighted by Gasteiger charge is -2.03. The summed E-state index contributed by atoms with van der Waals surface area (Å²) in [5.74, 6) is 11.0. The van der Waals surface area contributed by atoms with Gasteiger partial charge < -0.3 is 0 Å². The number of aryl methyl sites for hydroxylation is 1. The average Bonchev–Trinajstić information content (AvgIpc) is 2.89. The smallest absolute Gasteiger partial charge is 0.146 e. The molecule has 0 aliphatic heterocycles. The fraction of sp³-hybridized carbons (Fsp3) is 0.212. The van der Waals surface area contributed by atoms with Crippen LogP contribution < -0.4 is 0 Å². The van der Waals surface area contributed by atoms with Crippen LogP contribution in [0.5, 0.6) is 0 Å². The monoisotopic (exact) mass is 496 g/mol. The number of halogens is 3. The first-order valence-electron chi connectivity index (χ1n) is 12.3. The zero-order valence-electron chi connectivity index (χ0n) is 20.3. The summed E-state index contributed by atoms with van der Waals surface area (Å²) in [6.45, 7) is 2.23. The zero-order chi connectivity index (χ0) is 25.3. The van der Waals surface area contributed by atoms with Gasteiger partial charge in [0.05, 0.1) is 10.6 Å². The third-order valence-electron chi connectivity index (χ3n) is 6.09.